The molecular formula is C21H18Cl2N2O. The Morgan fingerprint density at radius 3 is 2.42 bits per heavy atom. The number of nitrogens with zero attached hydrogens (tertiary/aromatic N) is 1. The van der Waals surface area contributed by atoms with Crippen molar-refractivity contribution in [2.75, 3.05) is 11.9 Å². The highest BCUT2D eigenvalue weighted by Gasteiger charge is 2.18. The summed E-state index contributed by atoms with van der Waals surface area (Å²) in [7, 11) is 0. The van der Waals surface area contributed by atoms with Gasteiger partial charge in [-0.05, 0) is 35.6 Å². The lowest BCUT2D eigenvalue weighted by Crippen LogP contribution is -2.16. The Kier molecular flexibility index (Phi) is 4.51. The van der Waals surface area contributed by atoms with Gasteiger partial charge in [-0.1, -0.05) is 61.3 Å². The van der Waals surface area contributed by atoms with Crippen molar-refractivity contribution in [3.63, 3.8) is 0 Å². The molecule has 0 unspecified atom stereocenters. The van der Waals surface area contributed by atoms with Crippen LogP contribution in [0.2, 0.25) is 10.0 Å². The van der Waals surface area contributed by atoms with E-state index in [4.69, 9.17) is 32.9 Å². The molecule has 4 rings (SSSR count). The van der Waals surface area contributed by atoms with Gasteiger partial charge < -0.3 is 10.1 Å². The maximum atomic E-state index is 6.43. The lowest BCUT2D eigenvalue weighted by atomic mass is 10.0. The second-order valence-corrected chi connectivity index (χ2v) is 7.55. The fourth-order valence-electron chi connectivity index (χ4n) is 3.02. The highest BCUT2D eigenvalue weighted by atomic mass is 35.5. The van der Waals surface area contributed by atoms with Gasteiger partial charge in [-0.3, -0.25) is 0 Å². The number of anilines is 1. The molecule has 0 atom stereocenters. The Labute approximate surface area is 162 Å². The summed E-state index contributed by atoms with van der Waals surface area (Å²) in [4.78, 5) is 4.77. The van der Waals surface area contributed by atoms with E-state index >= 15 is 0 Å². The van der Waals surface area contributed by atoms with Gasteiger partial charge in [0.15, 0.2) is 5.75 Å². The predicted octanol–water partition coefficient (Wildman–Crippen LogP) is 6.69. The molecule has 132 valence electrons. The van der Waals surface area contributed by atoms with Crippen molar-refractivity contribution >= 4 is 51.2 Å². The maximum absolute atomic E-state index is 6.43. The van der Waals surface area contributed by atoms with Crippen LogP contribution in [-0.2, 0) is 0 Å². The Morgan fingerprint density at radius 1 is 1.04 bits per heavy atom. The molecule has 0 aromatic heterocycles. The van der Waals surface area contributed by atoms with Gasteiger partial charge in [-0.2, -0.15) is 0 Å². The number of ether oxygens (including phenoxy) is 1. The number of halogens is 2. The number of rotatable bonds is 4. The van der Waals surface area contributed by atoms with Gasteiger partial charge in [0, 0.05) is 16.6 Å². The third-order valence-electron chi connectivity index (χ3n) is 4.20. The van der Waals surface area contributed by atoms with Gasteiger partial charge >= 0.3 is 0 Å². The number of amidine groups is 1. The largest absolute Gasteiger partial charge is 0.490 e. The molecule has 1 aliphatic rings. The van der Waals surface area contributed by atoms with Crippen molar-refractivity contribution in [3.05, 3.63) is 64.1 Å². The Balaban J connectivity index is 1.75. The molecule has 3 nitrogen and oxygen atoms in total. The summed E-state index contributed by atoms with van der Waals surface area (Å²) in [6.45, 7) is 4.72. The van der Waals surface area contributed by atoms with Gasteiger partial charge in [0.2, 0.25) is 0 Å². The third-order valence-corrected chi connectivity index (χ3v) is 4.76. The van der Waals surface area contributed by atoms with Gasteiger partial charge in [-0.25, -0.2) is 4.99 Å². The zero-order valence-corrected chi connectivity index (χ0v) is 16.0. The first-order valence-electron chi connectivity index (χ1n) is 8.52. The third kappa shape index (κ3) is 3.13. The van der Waals surface area contributed by atoms with E-state index < -0.39 is 0 Å². The minimum Gasteiger partial charge on any atom is -0.490 e. The molecule has 0 radical (unpaired) electrons. The molecule has 5 heteroatoms. The fraction of sp³-hybridized carbons (Fsp3) is 0.190. The SMILES string of the molecule is CC(C)COc1c(Cl)cc(C2=Nc3cccc4cccc(c34)N2)cc1Cl. The molecule has 0 bridgehead atoms. The van der Waals surface area contributed by atoms with Crippen molar-refractivity contribution in [1.29, 1.82) is 0 Å². The topological polar surface area (TPSA) is 33.6 Å². The van der Waals surface area contributed by atoms with Crippen LogP contribution in [0, 0.1) is 5.92 Å². The maximum Gasteiger partial charge on any atom is 0.156 e. The zero-order valence-electron chi connectivity index (χ0n) is 14.5. The van der Waals surface area contributed by atoms with Crippen LogP contribution in [0.1, 0.15) is 19.4 Å². The number of nitrogens with one attached hydrogen (secondary N) is 1. The summed E-state index contributed by atoms with van der Waals surface area (Å²) in [5, 5.41) is 6.63. The molecule has 0 amide bonds. The van der Waals surface area contributed by atoms with E-state index in [0.717, 1.165) is 33.5 Å². The van der Waals surface area contributed by atoms with Crippen molar-refractivity contribution in [2.24, 2.45) is 10.9 Å². The molecule has 1 heterocycles. The monoisotopic (exact) mass is 384 g/mol. The van der Waals surface area contributed by atoms with Gasteiger partial charge in [-0.15, -0.1) is 0 Å². The first kappa shape index (κ1) is 17.2. The quantitative estimate of drug-likeness (QED) is 0.543. The van der Waals surface area contributed by atoms with Crippen LogP contribution in [0.4, 0.5) is 11.4 Å². The number of hydrogen-bond donors (Lipinski definition) is 1. The summed E-state index contributed by atoms with van der Waals surface area (Å²) in [5.41, 5.74) is 2.78. The predicted molar refractivity (Wildman–Crippen MR) is 111 cm³/mol. The Bertz CT molecular complexity index is 999. The molecule has 0 spiro atoms. The van der Waals surface area contributed by atoms with E-state index in [1.54, 1.807) is 0 Å². The molecule has 1 N–H and O–H groups in total. The fourth-order valence-corrected chi connectivity index (χ4v) is 3.61. The van der Waals surface area contributed by atoms with Crippen LogP contribution in [-0.4, -0.2) is 12.4 Å². The Morgan fingerprint density at radius 2 is 1.73 bits per heavy atom. The second-order valence-electron chi connectivity index (χ2n) is 6.74. The van der Waals surface area contributed by atoms with Gasteiger partial charge in [0.1, 0.15) is 5.84 Å². The molecule has 1 aliphatic heterocycles. The highest BCUT2D eigenvalue weighted by molar-refractivity contribution is 6.38. The average molecular weight is 385 g/mol. The summed E-state index contributed by atoms with van der Waals surface area (Å²) < 4.78 is 5.75. The van der Waals surface area contributed by atoms with E-state index in [9.17, 15) is 0 Å². The first-order chi connectivity index (χ1) is 12.5. The molecule has 0 saturated carbocycles. The number of aliphatic imine (C=N–C) groups is 1. The molecule has 3 aromatic rings. The average Bonchev–Trinajstić information content (AvgIpc) is 2.61. The van der Waals surface area contributed by atoms with E-state index in [0.29, 0.717) is 28.3 Å². The molecule has 0 aliphatic carbocycles. The minimum absolute atomic E-state index is 0.392. The molecule has 0 saturated heterocycles. The lowest BCUT2D eigenvalue weighted by Gasteiger charge is -2.20. The molecule has 0 fully saturated rings. The van der Waals surface area contributed by atoms with Crippen LogP contribution >= 0.6 is 23.2 Å². The standard InChI is InChI=1S/C21H18Cl2N2O/c1-12(2)11-26-20-15(22)9-14(10-16(20)23)21-24-17-7-3-5-13-6-4-8-18(25-21)19(13)17/h3-10,12H,11H2,1-2H3,(H,24,25). The Hall–Kier alpha value is -2.23. The van der Waals surface area contributed by atoms with Crippen molar-refractivity contribution < 1.29 is 4.74 Å². The van der Waals surface area contributed by atoms with E-state index in [2.05, 4.69) is 31.3 Å². The van der Waals surface area contributed by atoms with Crippen LogP contribution in [0.25, 0.3) is 10.8 Å². The van der Waals surface area contributed by atoms with Crippen molar-refractivity contribution in [3.8, 4) is 5.75 Å². The van der Waals surface area contributed by atoms with Crippen LogP contribution < -0.4 is 10.1 Å². The lowest BCUT2D eigenvalue weighted by molar-refractivity contribution is 0.271. The summed E-state index contributed by atoms with van der Waals surface area (Å²) in [6, 6.07) is 15.9. The first-order valence-corrected chi connectivity index (χ1v) is 9.28. The summed E-state index contributed by atoms with van der Waals surface area (Å²) in [6.07, 6.45) is 0. The molecule has 3 aromatic carbocycles. The van der Waals surface area contributed by atoms with Crippen molar-refractivity contribution in [2.45, 2.75) is 13.8 Å². The van der Waals surface area contributed by atoms with E-state index in [1.165, 1.54) is 0 Å². The number of hydrogen-bond acceptors (Lipinski definition) is 3. The number of benzene rings is 3. The van der Waals surface area contributed by atoms with E-state index in [-0.39, 0.29) is 0 Å². The van der Waals surface area contributed by atoms with Gasteiger partial charge in [0.25, 0.3) is 0 Å². The zero-order chi connectivity index (χ0) is 18.3. The second kappa shape index (κ2) is 6.82. The normalized spacial score (nSPS) is 12.9. The summed E-state index contributed by atoms with van der Waals surface area (Å²) in [5.74, 6) is 1.63. The molecule has 26 heavy (non-hydrogen) atoms. The van der Waals surface area contributed by atoms with E-state index in [1.807, 2.05) is 36.4 Å². The van der Waals surface area contributed by atoms with Crippen LogP contribution in [0.3, 0.4) is 0 Å². The minimum atomic E-state index is 0.392. The highest BCUT2D eigenvalue weighted by Crippen LogP contribution is 2.39. The molecular weight excluding hydrogens is 367 g/mol. The van der Waals surface area contributed by atoms with Crippen LogP contribution in [0.5, 0.6) is 5.75 Å². The summed E-state index contributed by atoms with van der Waals surface area (Å²) >= 11 is 12.9. The van der Waals surface area contributed by atoms with Gasteiger partial charge in [0.05, 0.1) is 22.3 Å². The van der Waals surface area contributed by atoms with Crippen LogP contribution in [0.15, 0.2) is 53.5 Å². The smallest absolute Gasteiger partial charge is 0.156 e. The van der Waals surface area contributed by atoms with Crippen molar-refractivity contribution in [1.82, 2.24) is 0 Å².